The molecule has 3 rings (SSSR count). The normalized spacial score (nSPS) is 24.0. The molecule has 166 valence electrons. The number of carbonyl (C=O) groups excluding carboxylic acids is 1. The molecule has 1 amide bonds. The van der Waals surface area contributed by atoms with E-state index in [1.54, 1.807) is 6.92 Å². The molecule has 0 aliphatic carbocycles. The summed E-state index contributed by atoms with van der Waals surface area (Å²) in [7, 11) is -4.06. The zero-order valence-corrected chi connectivity index (χ0v) is 18.2. The lowest BCUT2D eigenvalue weighted by molar-refractivity contribution is -0.131. The predicted molar refractivity (Wildman–Crippen MR) is 108 cm³/mol. The molecule has 1 atom stereocenters. The van der Waals surface area contributed by atoms with E-state index in [1.807, 2.05) is 13.8 Å². The van der Waals surface area contributed by atoms with Gasteiger partial charge in [-0.2, -0.15) is 4.31 Å². The SMILES string of the molecule is CC(C)CC1(C)NC(=N)N(CC2CCN(S(=O)(=O)c3ccc(F)cc3F)CC2)C1=O. The average molecular weight is 443 g/mol. The van der Waals surface area contributed by atoms with Gasteiger partial charge in [-0.3, -0.25) is 15.1 Å². The number of nitrogens with one attached hydrogen (secondary N) is 2. The molecule has 0 aromatic heterocycles. The molecule has 2 saturated heterocycles. The lowest BCUT2D eigenvalue weighted by Gasteiger charge is -2.33. The van der Waals surface area contributed by atoms with Gasteiger partial charge in [0.2, 0.25) is 10.0 Å². The summed E-state index contributed by atoms with van der Waals surface area (Å²) in [6.45, 7) is 6.54. The minimum absolute atomic E-state index is 0.0296. The highest BCUT2D eigenvalue weighted by Crippen LogP contribution is 2.29. The van der Waals surface area contributed by atoms with E-state index >= 15 is 0 Å². The number of halogens is 2. The third-order valence-electron chi connectivity index (χ3n) is 5.72. The van der Waals surface area contributed by atoms with Gasteiger partial charge in [0.15, 0.2) is 5.96 Å². The molecular weight excluding hydrogens is 414 g/mol. The second-order valence-electron chi connectivity index (χ2n) is 8.74. The number of nitrogens with zero attached hydrogens (tertiary/aromatic N) is 2. The van der Waals surface area contributed by atoms with Crippen LogP contribution in [0.5, 0.6) is 0 Å². The van der Waals surface area contributed by atoms with E-state index in [1.165, 1.54) is 9.21 Å². The Morgan fingerprint density at radius 2 is 1.90 bits per heavy atom. The Balaban J connectivity index is 1.63. The van der Waals surface area contributed by atoms with Crippen LogP contribution in [0, 0.1) is 28.9 Å². The third kappa shape index (κ3) is 4.34. The standard InChI is InChI=1S/C20H28F2N4O3S/c1-13(2)11-20(3)18(27)26(19(23)24-20)12-14-6-8-25(9-7-14)30(28,29)17-5-4-15(21)10-16(17)22/h4-5,10,13-14H,6-9,11-12H2,1-3H3,(H2,23,24). The van der Waals surface area contributed by atoms with Crippen molar-refractivity contribution >= 4 is 21.9 Å². The number of benzene rings is 1. The summed E-state index contributed by atoms with van der Waals surface area (Å²) < 4.78 is 53.7. The minimum Gasteiger partial charge on any atom is -0.342 e. The largest absolute Gasteiger partial charge is 0.342 e. The van der Waals surface area contributed by atoms with E-state index < -0.39 is 32.1 Å². The summed E-state index contributed by atoms with van der Waals surface area (Å²) in [5.74, 6) is -1.68. The number of hydrogen-bond donors (Lipinski definition) is 2. The maximum absolute atomic E-state index is 14.0. The Labute approximate surface area is 176 Å². The van der Waals surface area contributed by atoms with Crippen molar-refractivity contribution in [3.63, 3.8) is 0 Å². The van der Waals surface area contributed by atoms with Crippen LogP contribution in [0.1, 0.15) is 40.0 Å². The fraction of sp³-hybridized carbons (Fsp3) is 0.600. The van der Waals surface area contributed by atoms with Gasteiger partial charge in [-0.05, 0) is 50.2 Å². The Kier molecular flexibility index (Phi) is 6.20. The molecule has 30 heavy (non-hydrogen) atoms. The van der Waals surface area contributed by atoms with Gasteiger partial charge in [0.1, 0.15) is 22.1 Å². The summed E-state index contributed by atoms with van der Waals surface area (Å²) in [5, 5.41) is 11.2. The molecule has 2 aliphatic heterocycles. The molecule has 0 saturated carbocycles. The number of sulfonamides is 1. The molecule has 10 heteroatoms. The second-order valence-corrected chi connectivity index (χ2v) is 10.6. The average Bonchev–Trinajstić information content (AvgIpc) is 2.84. The highest BCUT2D eigenvalue weighted by molar-refractivity contribution is 7.89. The molecule has 2 aliphatic rings. The van der Waals surface area contributed by atoms with E-state index in [0.29, 0.717) is 37.8 Å². The van der Waals surface area contributed by atoms with Crippen LogP contribution in [0.4, 0.5) is 8.78 Å². The minimum atomic E-state index is -4.06. The topological polar surface area (TPSA) is 93.6 Å². The Morgan fingerprint density at radius 1 is 1.27 bits per heavy atom. The van der Waals surface area contributed by atoms with Crippen LogP contribution >= 0.6 is 0 Å². The fourth-order valence-corrected chi connectivity index (χ4v) is 5.84. The first kappa shape index (κ1) is 22.6. The smallest absolute Gasteiger partial charge is 0.254 e. The summed E-state index contributed by atoms with van der Waals surface area (Å²) in [4.78, 5) is 13.8. The van der Waals surface area contributed by atoms with Crippen LogP contribution in [0.2, 0.25) is 0 Å². The molecule has 1 unspecified atom stereocenters. The van der Waals surface area contributed by atoms with Crippen molar-refractivity contribution in [2.75, 3.05) is 19.6 Å². The zero-order chi connectivity index (χ0) is 22.3. The highest BCUT2D eigenvalue weighted by atomic mass is 32.2. The monoisotopic (exact) mass is 442 g/mol. The van der Waals surface area contributed by atoms with Crippen molar-refractivity contribution in [1.29, 1.82) is 5.41 Å². The molecule has 0 radical (unpaired) electrons. The van der Waals surface area contributed by atoms with Gasteiger partial charge in [-0.25, -0.2) is 17.2 Å². The lowest BCUT2D eigenvalue weighted by atomic mass is 9.90. The van der Waals surface area contributed by atoms with Crippen molar-refractivity contribution < 1.29 is 22.0 Å². The number of hydrogen-bond acceptors (Lipinski definition) is 4. The van der Waals surface area contributed by atoms with E-state index in [2.05, 4.69) is 5.32 Å². The first-order valence-electron chi connectivity index (χ1n) is 10.1. The zero-order valence-electron chi connectivity index (χ0n) is 17.4. The maximum atomic E-state index is 14.0. The van der Waals surface area contributed by atoms with Gasteiger partial charge in [0, 0.05) is 25.7 Å². The maximum Gasteiger partial charge on any atom is 0.254 e. The van der Waals surface area contributed by atoms with Crippen molar-refractivity contribution in [2.45, 2.75) is 50.5 Å². The van der Waals surface area contributed by atoms with Gasteiger partial charge < -0.3 is 5.32 Å². The van der Waals surface area contributed by atoms with E-state index in [9.17, 15) is 22.0 Å². The van der Waals surface area contributed by atoms with Crippen LogP contribution in [-0.2, 0) is 14.8 Å². The molecule has 0 bridgehead atoms. The molecular formula is C20H28F2N4O3S. The summed E-state index contributed by atoms with van der Waals surface area (Å²) in [5.41, 5.74) is -0.796. The van der Waals surface area contributed by atoms with Gasteiger partial charge in [0.25, 0.3) is 5.91 Å². The Hall–Kier alpha value is -2.07. The van der Waals surface area contributed by atoms with E-state index in [-0.39, 0.29) is 30.9 Å². The van der Waals surface area contributed by atoms with Crippen molar-refractivity contribution in [3.05, 3.63) is 29.8 Å². The van der Waals surface area contributed by atoms with Crippen LogP contribution in [0.25, 0.3) is 0 Å². The van der Waals surface area contributed by atoms with E-state index in [0.717, 1.165) is 12.1 Å². The number of guanidine groups is 1. The number of rotatable bonds is 6. The van der Waals surface area contributed by atoms with Crippen LogP contribution in [-0.4, -0.2) is 54.7 Å². The second kappa shape index (κ2) is 8.22. The molecule has 0 spiro atoms. The molecule has 1 aromatic carbocycles. The van der Waals surface area contributed by atoms with Crippen LogP contribution in [0.3, 0.4) is 0 Å². The van der Waals surface area contributed by atoms with Gasteiger partial charge >= 0.3 is 0 Å². The quantitative estimate of drug-likeness (QED) is 0.708. The Bertz CT molecular complexity index is 945. The molecule has 2 heterocycles. The van der Waals surface area contributed by atoms with Gasteiger partial charge in [-0.15, -0.1) is 0 Å². The molecule has 1 aromatic rings. The fourth-order valence-electron chi connectivity index (χ4n) is 4.32. The summed E-state index contributed by atoms with van der Waals surface area (Å²) in [6.07, 6.45) is 1.59. The third-order valence-corrected chi connectivity index (χ3v) is 7.66. The predicted octanol–water partition coefficient (Wildman–Crippen LogP) is 2.54. The summed E-state index contributed by atoms with van der Waals surface area (Å²) >= 11 is 0. The molecule has 7 nitrogen and oxygen atoms in total. The van der Waals surface area contributed by atoms with Crippen molar-refractivity contribution in [3.8, 4) is 0 Å². The van der Waals surface area contributed by atoms with Crippen molar-refractivity contribution in [2.24, 2.45) is 11.8 Å². The first-order valence-corrected chi connectivity index (χ1v) is 11.5. The molecule has 2 fully saturated rings. The number of carbonyl (C=O) groups is 1. The lowest BCUT2D eigenvalue weighted by Crippen LogP contribution is -2.46. The first-order chi connectivity index (χ1) is 13.9. The van der Waals surface area contributed by atoms with Gasteiger partial charge in [-0.1, -0.05) is 13.8 Å². The van der Waals surface area contributed by atoms with E-state index in [4.69, 9.17) is 5.41 Å². The van der Waals surface area contributed by atoms with Gasteiger partial charge in [0.05, 0.1) is 0 Å². The Morgan fingerprint density at radius 3 is 2.47 bits per heavy atom. The molecule has 2 N–H and O–H groups in total. The highest BCUT2D eigenvalue weighted by Gasteiger charge is 2.46. The van der Waals surface area contributed by atoms with Crippen LogP contribution in [0.15, 0.2) is 23.1 Å². The number of amides is 1. The van der Waals surface area contributed by atoms with Crippen molar-refractivity contribution in [1.82, 2.24) is 14.5 Å². The number of piperidine rings is 1. The van der Waals surface area contributed by atoms with Crippen LogP contribution < -0.4 is 5.32 Å². The summed E-state index contributed by atoms with van der Waals surface area (Å²) in [6, 6.07) is 2.43.